The molecule has 2 N–H and O–H groups in total. The van der Waals surface area contributed by atoms with Crippen molar-refractivity contribution in [3.63, 3.8) is 0 Å². The highest BCUT2D eigenvalue weighted by molar-refractivity contribution is 5.78. The molecule has 0 spiro atoms. The van der Waals surface area contributed by atoms with Gasteiger partial charge in [0.2, 0.25) is 5.91 Å². The van der Waals surface area contributed by atoms with Gasteiger partial charge in [0.05, 0.1) is 5.92 Å². The summed E-state index contributed by atoms with van der Waals surface area (Å²) in [5.41, 5.74) is 2.33. The fraction of sp³-hybridized carbons (Fsp3) is 0.529. The van der Waals surface area contributed by atoms with Gasteiger partial charge in [0, 0.05) is 12.5 Å². The molecule has 2 unspecified atom stereocenters. The van der Waals surface area contributed by atoms with Crippen LogP contribution in [0.2, 0.25) is 0 Å². The van der Waals surface area contributed by atoms with Gasteiger partial charge >= 0.3 is 5.97 Å². The summed E-state index contributed by atoms with van der Waals surface area (Å²) in [5.74, 6) is -1.27. The van der Waals surface area contributed by atoms with Gasteiger partial charge in [0.15, 0.2) is 0 Å². The Morgan fingerprint density at radius 1 is 1.29 bits per heavy atom. The van der Waals surface area contributed by atoms with E-state index in [9.17, 15) is 14.7 Å². The first-order valence-corrected chi connectivity index (χ1v) is 7.64. The van der Waals surface area contributed by atoms with E-state index in [1.165, 1.54) is 5.56 Å². The molecule has 4 nitrogen and oxygen atoms in total. The molecule has 0 heterocycles. The highest BCUT2D eigenvalue weighted by atomic mass is 16.4. The Morgan fingerprint density at radius 2 is 2.05 bits per heavy atom. The summed E-state index contributed by atoms with van der Waals surface area (Å²) in [6.07, 6.45) is 4.47. The Kier molecular flexibility index (Phi) is 5.37. The zero-order chi connectivity index (χ0) is 15.2. The van der Waals surface area contributed by atoms with Crippen LogP contribution in [0, 0.1) is 12.8 Å². The first-order valence-electron chi connectivity index (χ1n) is 7.64. The lowest BCUT2D eigenvalue weighted by Gasteiger charge is -2.29. The zero-order valence-corrected chi connectivity index (χ0v) is 12.5. The zero-order valence-electron chi connectivity index (χ0n) is 12.5. The highest BCUT2D eigenvalue weighted by Crippen LogP contribution is 2.24. The normalized spacial score (nSPS) is 21.8. The first-order chi connectivity index (χ1) is 10.1. The van der Waals surface area contributed by atoms with E-state index in [1.54, 1.807) is 0 Å². The number of amides is 1. The van der Waals surface area contributed by atoms with Crippen molar-refractivity contribution >= 4 is 11.9 Å². The SMILES string of the molecule is Cc1cccc(CCC(=O)NC2CCCCC2C(=O)O)c1. The minimum atomic E-state index is -0.793. The molecular formula is C17H23NO3. The molecule has 1 aliphatic rings. The standard InChI is InChI=1S/C17H23NO3/c1-12-5-4-6-13(11-12)9-10-16(19)18-15-8-3-2-7-14(15)17(20)21/h4-6,11,14-15H,2-3,7-10H2,1H3,(H,18,19)(H,20,21). The van der Waals surface area contributed by atoms with Gasteiger partial charge < -0.3 is 10.4 Å². The van der Waals surface area contributed by atoms with Crippen LogP contribution in [0.5, 0.6) is 0 Å². The second-order valence-corrected chi connectivity index (χ2v) is 5.89. The average Bonchev–Trinajstić information content (AvgIpc) is 2.45. The van der Waals surface area contributed by atoms with Gasteiger partial charge in [-0.15, -0.1) is 0 Å². The van der Waals surface area contributed by atoms with Crippen molar-refractivity contribution < 1.29 is 14.7 Å². The largest absolute Gasteiger partial charge is 0.481 e. The Labute approximate surface area is 125 Å². The predicted molar refractivity (Wildman–Crippen MR) is 81.0 cm³/mol. The number of hydrogen-bond donors (Lipinski definition) is 2. The second kappa shape index (κ2) is 7.25. The van der Waals surface area contributed by atoms with Crippen LogP contribution < -0.4 is 5.32 Å². The van der Waals surface area contributed by atoms with Crippen molar-refractivity contribution in [1.29, 1.82) is 0 Å². The number of carbonyl (C=O) groups is 2. The van der Waals surface area contributed by atoms with E-state index < -0.39 is 11.9 Å². The summed E-state index contributed by atoms with van der Waals surface area (Å²) in [4.78, 5) is 23.2. The van der Waals surface area contributed by atoms with Gasteiger partial charge in [-0.1, -0.05) is 42.7 Å². The van der Waals surface area contributed by atoms with Crippen molar-refractivity contribution in [2.45, 2.75) is 51.5 Å². The van der Waals surface area contributed by atoms with Crippen LogP contribution in [-0.2, 0) is 16.0 Å². The molecule has 114 valence electrons. The van der Waals surface area contributed by atoms with Crippen molar-refractivity contribution in [3.05, 3.63) is 35.4 Å². The molecule has 0 bridgehead atoms. The van der Waals surface area contributed by atoms with Crippen molar-refractivity contribution in [3.8, 4) is 0 Å². The van der Waals surface area contributed by atoms with Crippen LogP contribution in [-0.4, -0.2) is 23.0 Å². The Morgan fingerprint density at radius 3 is 2.76 bits per heavy atom. The lowest BCUT2D eigenvalue weighted by Crippen LogP contribution is -2.45. The summed E-state index contributed by atoms with van der Waals surface area (Å²) in [6, 6.07) is 7.91. The fourth-order valence-electron chi connectivity index (χ4n) is 3.00. The maximum absolute atomic E-state index is 12.0. The van der Waals surface area contributed by atoms with E-state index in [-0.39, 0.29) is 11.9 Å². The lowest BCUT2D eigenvalue weighted by molar-refractivity contribution is -0.144. The first kappa shape index (κ1) is 15.5. The summed E-state index contributed by atoms with van der Waals surface area (Å²) in [5, 5.41) is 12.1. The number of hydrogen-bond acceptors (Lipinski definition) is 2. The van der Waals surface area contributed by atoms with Crippen molar-refractivity contribution in [1.82, 2.24) is 5.32 Å². The van der Waals surface area contributed by atoms with Gasteiger partial charge in [0.1, 0.15) is 0 Å². The van der Waals surface area contributed by atoms with Gasteiger partial charge in [-0.3, -0.25) is 9.59 Å². The molecule has 0 radical (unpaired) electrons. The molecule has 1 amide bonds. The van der Waals surface area contributed by atoms with Crippen molar-refractivity contribution in [2.24, 2.45) is 5.92 Å². The molecule has 21 heavy (non-hydrogen) atoms. The van der Waals surface area contributed by atoms with Crippen molar-refractivity contribution in [2.75, 3.05) is 0 Å². The van der Waals surface area contributed by atoms with Crippen LogP contribution in [0.25, 0.3) is 0 Å². The van der Waals surface area contributed by atoms with E-state index in [1.807, 2.05) is 25.1 Å². The van der Waals surface area contributed by atoms with E-state index in [0.717, 1.165) is 24.8 Å². The number of benzene rings is 1. The minimum Gasteiger partial charge on any atom is -0.481 e. The molecule has 0 aliphatic heterocycles. The number of aryl methyl sites for hydroxylation is 2. The van der Waals surface area contributed by atoms with E-state index in [0.29, 0.717) is 19.3 Å². The minimum absolute atomic E-state index is 0.0466. The molecule has 2 atom stereocenters. The molecule has 1 fully saturated rings. The molecule has 1 aliphatic carbocycles. The summed E-state index contributed by atoms with van der Waals surface area (Å²) >= 11 is 0. The van der Waals surface area contributed by atoms with Crippen LogP contribution in [0.15, 0.2) is 24.3 Å². The number of rotatable bonds is 5. The number of nitrogens with one attached hydrogen (secondary N) is 1. The molecular weight excluding hydrogens is 266 g/mol. The third kappa shape index (κ3) is 4.59. The molecule has 2 rings (SSSR count). The monoisotopic (exact) mass is 289 g/mol. The smallest absolute Gasteiger partial charge is 0.308 e. The van der Waals surface area contributed by atoms with Crippen LogP contribution in [0.4, 0.5) is 0 Å². The third-order valence-corrected chi connectivity index (χ3v) is 4.15. The number of carboxylic acids is 1. The van der Waals surface area contributed by atoms with E-state index in [2.05, 4.69) is 11.4 Å². The van der Waals surface area contributed by atoms with Gasteiger partial charge in [-0.05, 0) is 31.7 Å². The molecule has 1 aromatic rings. The van der Waals surface area contributed by atoms with Gasteiger partial charge in [-0.25, -0.2) is 0 Å². The molecule has 1 aromatic carbocycles. The molecule has 4 heteroatoms. The molecule has 1 saturated carbocycles. The second-order valence-electron chi connectivity index (χ2n) is 5.89. The Balaban J connectivity index is 1.84. The van der Waals surface area contributed by atoms with E-state index in [4.69, 9.17) is 0 Å². The number of carboxylic acid groups (broad SMARTS) is 1. The maximum atomic E-state index is 12.0. The van der Waals surface area contributed by atoms with Crippen LogP contribution in [0.1, 0.15) is 43.2 Å². The predicted octanol–water partition coefficient (Wildman–Crippen LogP) is 2.69. The summed E-state index contributed by atoms with van der Waals surface area (Å²) < 4.78 is 0. The highest BCUT2D eigenvalue weighted by Gasteiger charge is 2.31. The average molecular weight is 289 g/mol. The molecule has 0 aromatic heterocycles. The number of carbonyl (C=O) groups excluding carboxylic acids is 1. The van der Waals surface area contributed by atoms with Gasteiger partial charge in [0.25, 0.3) is 0 Å². The Bertz CT molecular complexity index is 513. The lowest BCUT2D eigenvalue weighted by atomic mass is 9.84. The van der Waals surface area contributed by atoms with Crippen LogP contribution >= 0.6 is 0 Å². The topological polar surface area (TPSA) is 66.4 Å². The third-order valence-electron chi connectivity index (χ3n) is 4.15. The number of aliphatic carboxylic acids is 1. The Hall–Kier alpha value is -1.84. The molecule has 0 saturated heterocycles. The summed E-state index contributed by atoms with van der Waals surface area (Å²) in [7, 11) is 0. The maximum Gasteiger partial charge on any atom is 0.308 e. The van der Waals surface area contributed by atoms with Crippen LogP contribution in [0.3, 0.4) is 0 Å². The quantitative estimate of drug-likeness (QED) is 0.876. The summed E-state index contributed by atoms with van der Waals surface area (Å²) in [6.45, 7) is 2.03. The fourth-order valence-corrected chi connectivity index (χ4v) is 3.00. The van der Waals surface area contributed by atoms with Gasteiger partial charge in [-0.2, -0.15) is 0 Å². The van der Waals surface area contributed by atoms with E-state index >= 15 is 0 Å².